The number of rotatable bonds is 4. The summed E-state index contributed by atoms with van der Waals surface area (Å²) in [6.07, 6.45) is 8.33. The standard InChI is InChI=1S/C13H20OS/c1-2-12-8-9-13(15-12)10-14-11-6-4-3-5-7-11/h8-9,11H,2-7,10H2,1H3. The Labute approximate surface area is 96.5 Å². The zero-order valence-electron chi connectivity index (χ0n) is 9.50. The Morgan fingerprint density at radius 3 is 2.60 bits per heavy atom. The van der Waals surface area contributed by atoms with Gasteiger partial charge in [0.15, 0.2) is 0 Å². The summed E-state index contributed by atoms with van der Waals surface area (Å²) in [7, 11) is 0. The molecule has 1 saturated carbocycles. The van der Waals surface area contributed by atoms with Crippen LogP contribution in [0.4, 0.5) is 0 Å². The smallest absolute Gasteiger partial charge is 0.0813 e. The molecule has 1 heterocycles. The maximum Gasteiger partial charge on any atom is 0.0813 e. The van der Waals surface area contributed by atoms with E-state index in [0.29, 0.717) is 6.10 Å². The number of aryl methyl sites for hydroxylation is 1. The Hall–Kier alpha value is -0.340. The number of hydrogen-bond donors (Lipinski definition) is 0. The molecule has 84 valence electrons. The summed E-state index contributed by atoms with van der Waals surface area (Å²) in [6, 6.07) is 4.44. The van der Waals surface area contributed by atoms with E-state index >= 15 is 0 Å². The molecule has 0 saturated heterocycles. The molecule has 15 heavy (non-hydrogen) atoms. The molecule has 0 radical (unpaired) electrons. The summed E-state index contributed by atoms with van der Waals surface area (Å²) in [5.74, 6) is 0. The Morgan fingerprint density at radius 2 is 1.93 bits per heavy atom. The van der Waals surface area contributed by atoms with Crippen LogP contribution in [-0.2, 0) is 17.8 Å². The van der Waals surface area contributed by atoms with Crippen LogP contribution in [0.15, 0.2) is 12.1 Å². The Balaban J connectivity index is 1.76. The van der Waals surface area contributed by atoms with E-state index in [1.165, 1.54) is 41.9 Å². The van der Waals surface area contributed by atoms with E-state index in [9.17, 15) is 0 Å². The summed E-state index contributed by atoms with van der Waals surface area (Å²) in [6.45, 7) is 3.03. The minimum absolute atomic E-state index is 0.533. The highest BCUT2D eigenvalue weighted by Crippen LogP contribution is 2.23. The first kappa shape index (κ1) is 11.2. The number of hydrogen-bond acceptors (Lipinski definition) is 2. The molecule has 1 aromatic rings. The van der Waals surface area contributed by atoms with Crippen molar-refractivity contribution in [3.05, 3.63) is 21.9 Å². The van der Waals surface area contributed by atoms with Gasteiger partial charge in [0.2, 0.25) is 0 Å². The van der Waals surface area contributed by atoms with Gasteiger partial charge in [-0.3, -0.25) is 0 Å². The molecule has 0 aliphatic heterocycles. The van der Waals surface area contributed by atoms with Gasteiger partial charge >= 0.3 is 0 Å². The van der Waals surface area contributed by atoms with Crippen molar-refractivity contribution in [1.29, 1.82) is 0 Å². The lowest BCUT2D eigenvalue weighted by Gasteiger charge is -2.21. The van der Waals surface area contributed by atoms with Gasteiger partial charge in [-0.25, -0.2) is 0 Å². The third-order valence-corrected chi connectivity index (χ3v) is 4.28. The molecule has 0 amide bonds. The minimum atomic E-state index is 0.533. The van der Waals surface area contributed by atoms with E-state index in [-0.39, 0.29) is 0 Å². The number of ether oxygens (including phenoxy) is 1. The van der Waals surface area contributed by atoms with Gasteiger partial charge in [0.1, 0.15) is 0 Å². The maximum atomic E-state index is 5.94. The number of thiophene rings is 1. The van der Waals surface area contributed by atoms with Crippen LogP contribution in [0.5, 0.6) is 0 Å². The Bertz CT molecular complexity index is 286. The molecule has 0 spiro atoms. The normalized spacial score (nSPS) is 18.2. The van der Waals surface area contributed by atoms with Gasteiger partial charge in [0.25, 0.3) is 0 Å². The van der Waals surface area contributed by atoms with Gasteiger partial charge in [-0.15, -0.1) is 11.3 Å². The minimum Gasteiger partial charge on any atom is -0.373 e. The Morgan fingerprint density at radius 1 is 1.20 bits per heavy atom. The first-order chi connectivity index (χ1) is 7.38. The van der Waals surface area contributed by atoms with E-state index in [1.807, 2.05) is 11.3 Å². The van der Waals surface area contributed by atoms with E-state index in [1.54, 1.807) is 0 Å². The van der Waals surface area contributed by atoms with Crippen molar-refractivity contribution in [2.45, 2.75) is 58.2 Å². The molecule has 1 fully saturated rings. The van der Waals surface area contributed by atoms with Crippen LogP contribution in [-0.4, -0.2) is 6.10 Å². The highest BCUT2D eigenvalue weighted by molar-refractivity contribution is 7.11. The summed E-state index contributed by atoms with van der Waals surface area (Å²) >= 11 is 1.90. The highest BCUT2D eigenvalue weighted by atomic mass is 32.1. The zero-order valence-corrected chi connectivity index (χ0v) is 10.3. The average molecular weight is 224 g/mol. The molecule has 0 bridgehead atoms. The van der Waals surface area contributed by atoms with Crippen LogP contribution >= 0.6 is 11.3 Å². The third-order valence-electron chi connectivity index (χ3n) is 3.08. The van der Waals surface area contributed by atoms with Gasteiger partial charge < -0.3 is 4.74 Å². The lowest BCUT2D eigenvalue weighted by atomic mass is 9.98. The van der Waals surface area contributed by atoms with Crippen LogP contribution in [0.2, 0.25) is 0 Å². The topological polar surface area (TPSA) is 9.23 Å². The first-order valence-corrected chi connectivity index (χ1v) is 6.89. The van der Waals surface area contributed by atoms with E-state index in [0.717, 1.165) is 13.0 Å². The van der Waals surface area contributed by atoms with Crippen LogP contribution in [0.1, 0.15) is 48.8 Å². The molecule has 0 N–H and O–H groups in total. The van der Waals surface area contributed by atoms with Gasteiger partial charge in [-0.05, 0) is 31.4 Å². The van der Waals surface area contributed by atoms with Crippen molar-refractivity contribution < 1.29 is 4.74 Å². The van der Waals surface area contributed by atoms with Crippen molar-refractivity contribution in [2.75, 3.05) is 0 Å². The van der Waals surface area contributed by atoms with Crippen molar-refractivity contribution >= 4 is 11.3 Å². The second-order valence-electron chi connectivity index (χ2n) is 4.29. The van der Waals surface area contributed by atoms with Crippen molar-refractivity contribution in [3.63, 3.8) is 0 Å². The van der Waals surface area contributed by atoms with Crippen LogP contribution in [0.3, 0.4) is 0 Å². The molecule has 2 heteroatoms. The van der Waals surface area contributed by atoms with Crippen molar-refractivity contribution in [1.82, 2.24) is 0 Å². The fourth-order valence-corrected chi connectivity index (χ4v) is 3.00. The Kier molecular flexibility index (Phi) is 4.21. The van der Waals surface area contributed by atoms with Crippen LogP contribution in [0.25, 0.3) is 0 Å². The van der Waals surface area contributed by atoms with Crippen molar-refractivity contribution in [2.24, 2.45) is 0 Å². The van der Waals surface area contributed by atoms with Crippen molar-refractivity contribution in [3.8, 4) is 0 Å². The maximum absolute atomic E-state index is 5.94. The molecular formula is C13H20OS. The lowest BCUT2D eigenvalue weighted by molar-refractivity contribution is 0.0182. The van der Waals surface area contributed by atoms with Gasteiger partial charge in [-0.2, -0.15) is 0 Å². The highest BCUT2D eigenvalue weighted by Gasteiger charge is 2.13. The molecule has 0 aromatic carbocycles. The van der Waals surface area contributed by atoms with E-state index in [2.05, 4.69) is 19.1 Å². The fourth-order valence-electron chi connectivity index (χ4n) is 2.12. The summed E-state index contributed by atoms with van der Waals surface area (Å²) < 4.78 is 5.94. The molecule has 1 nitrogen and oxygen atoms in total. The molecule has 0 atom stereocenters. The van der Waals surface area contributed by atoms with Gasteiger partial charge in [0.05, 0.1) is 12.7 Å². The summed E-state index contributed by atoms with van der Waals surface area (Å²) in [5, 5.41) is 0. The van der Waals surface area contributed by atoms with E-state index < -0.39 is 0 Å². The molecule has 2 rings (SSSR count). The molecule has 0 unspecified atom stereocenters. The monoisotopic (exact) mass is 224 g/mol. The molecular weight excluding hydrogens is 204 g/mol. The summed E-state index contributed by atoms with van der Waals surface area (Å²) in [4.78, 5) is 2.86. The molecule has 1 aliphatic carbocycles. The van der Waals surface area contributed by atoms with E-state index in [4.69, 9.17) is 4.74 Å². The second kappa shape index (κ2) is 5.66. The lowest BCUT2D eigenvalue weighted by Crippen LogP contribution is -2.15. The average Bonchev–Trinajstić information content (AvgIpc) is 2.76. The third kappa shape index (κ3) is 3.32. The molecule has 1 aliphatic rings. The second-order valence-corrected chi connectivity index (χ2v) is 5.55. The van der Waals surface area contributed by atoms with Gasteiger partial charge in [0, 0.05) is 9.75 Å². The largest absolute Gasteiger partial charge is 0.373 e. The quantitative estimate of drug-likeness (QED) is 0.746. The summed E-state index contributed by atoms with van der Waals surface area (Å²) in [5.41, 5.74) is 0. The van der Waals surface area contributed by atoms with Gasteiger partial charge in [-0.1, -0.05) is 26.2 Å². The van der Waals surface area contributed by atoms with Crippen LogP contribution < -0.4 is 0 Å². The van der Waals surface area contributed by atoms with Crippen LogP contribution in [0, 0.1) is 0 Å². The zero-order chi connectivity index (χ0) is 10.5. The predicted octanol–water partition coefficient (Wildman–Crippen LogP) is 4.16. The fraction of sp³-hybridized carbons (Fsp3) is 0.692. The molecule has 1 aromatic heterocycles. The SMILES string of the molecule is CCc1ccc(COC2CCCCC2)s1. The first-order valence-electron chi connectivity index (χ1n) is 6.07. The predicted molar refractivity (Wildman–Crippen MR) is 65.4 cm³/mol.